The van der Waals surface area contributed by atoms with Gasteiger partial charge in [0.1, 0.15) is 0 Å². The van der Waals surface area contributed by atoms with Crippen molar-refractivity contribution in [3.63, 3.8) is 0 Å². The van der Waals surface area contributed by atoms with Crippen LogP contribution in [-0.2, 0) is 4.74 Å². The Labute approximate surface area is 95.4 Å². The van der Waals surface area contributed by atoms with Crippen molar-refractivity contribution >= 4 is 11.6 Å². The molecular weight excluding hydrogens is 204 g/mol. The average Bonchev–Trinajstić information content (AvgIpc) is 2.33. The number of hydrogen-bond acceptors (Lipinski definition) is 5. The summed E-state index contributed by atoms with van der Waals surface area (Å²) in [5, 5.41) is 3.31. The molecule has 1 aliphatic heterocycles. The van der Waals surface area contributed by atoms with Crippen LogP contribution in [0.1, 0.15) is 19.8 Å². The van der Waals surface area contributed by atoms with Crippen LogP contribution in [0.4, 0.5) is 11.6 Å². The fourth-order valence-electron chi connectivity index (χ4n) is 1.95. The molecule has 0 bridgehead atoms. The standard InChI is InChI=1S/C11H18N4O/c1-8(9-2-4-16-5-3-9)15-11-13-6-10(12)7-14-11/h6-9H,2-5,12H2,1H3,(H,13,14,15). The average molecular weight is 222 g/mol. The van der Waals surface area contributed by atoms with Crippen molar-refractivity contribution in [2.75, 3.05) is 24.3 Å². The van der Waals surface area contributed by atoms with Gasteiger partial charge in [0.2, 0.25) is 5.95 Å². The van der Waals surface area contributed by atoms with E-state index >= 15 is 0 Å². The van der Waals surface area contributed by atoms with Gasteiger partial charge < -0.3 is 15.8 Å². The van der Waals surface area contributed by atoms with Crippen molar-refractivity contribution in [3.05, 3.63) is 12.4 Å². The second-order valence-electron chi connectivity index (χ2n) is 4.22. The van der Waals surface area contributed by atoms with E-state index in [0.717, 1.165) is 26.1 Å². The Hall–Kier alpha value is -1.36. The number of aromatic nitrogens is 2. The van der Waals surface area contributed by atoms with Gasteiger partial charge in [-0.2, -0.15) is 0 Å². The monoisotopic (exact) mass is 222 g/mol. The minimum atomic E-state index is 0.368. The molecule has 3 N–H and O–H groups in total. The molecule has 88 valence electrons. The summed E-state index contributed by atoms with van der Waals surface area (Å²) in [6.45, 7) is 3.88. The van der Waals surface area contributed by atoms with Crippen molar-refractivity contribution in [2.24, 2.45) is 5.92 Å². The molecule has 5 heteroatoms. The molecule has 2 rings (SSSR count). The Morgan fingerprint density at radius 2 is 2.00 bits per heavy atom. The van der Waals surface area contributed by atoms with E-state index < -0.39 is 0 Å². The summed E-state index contributed by atoms with van der Waals surface area (Å²) in [7, 11) is 0. The van der Waals surface area contributed by atoms with Gasteiger partial charge >= 0.3 is 0 Å². The lowest BCUT2D eigenvalue weighted by Crippen LogP contribution is -2.31. The van der Waals surface area contributed by atoms with Gasteiger partial charge in [0.05, 0.1) is 18.1 Å². The summed E-state index contributed by atoms with van der Waals surface area (Å²) in [6.07, 6.45) is 5.43. The van der Waals surface area contributed by atoms with Crippen molar-refractivity contribution in [1.29, 1.82) is 0 Å². The molecule has 1 aromatic rings. The SMILES string of the molecule is CC(Nc1ncc(N)cn1)C1CCOCC1. The van der Waals surface area contributed by atoms with Gasteiger partial charge in [-0.15, -0.1) is 0 Å². The van der Waals surface area contributed by atoms with Crippen LogP contribution in [0.2, 0.25) is 0 Å². The Bertz CT molecular complexity index is 321. The topological polar surface area (TPSA) is 73.1 Å². The third-order valence-electron chi connectivity index (χ3n) is 3.00. The minimum absolute atomic E-state index is 0.368. The first kappa shape index (κ1) is 11.1. The van der Waals surface area contributed by atoms with Crippen LogP contribution in [0, 0.1) is 5.92 Å². The number of ether oxygens (including phenoxy) is 1. The number of hydrogen-bond donors (Lipinski definition) is 2. The van der Waals surface area contributed by atoms with Crippen LogP contribution >= 0.6 is 0 Å². The van der Waals surface area contributed by atoms with E-state index in [2.05, 4.69) is 22.2 Å². The first-order valence-electron chi connectivity index (χ1n) is 5.67. The number of nitrogens with two attached hydrogens (primary N) is 1. The van der Waals surface area contributed by atoms with E-state index in [9.17, 15) is 0 Å². The zero-order valence-electron chi connectivity index (χ0n) is 9.52. The van der Waals surface area contributed by atoms with Gasteiger partial charge in [0, 0.05) is 19.3 Å². The zero-order chi connectivity index (χ0) is 11.4. The number of rotatable bonds is 3. The van der Waals surface area contributed by atoms with E-state index in [1.165, 1.54) is 0 Å². The summed E-state index contributed by atoms with van der Waals surface area (Å²) in [5.41, 5.74) is 6.12. The van der Waals surface area contributed by atoms with Crippen LogP contribution in [0.5, 0.6) is 0 Å². The van der Waals surface area contributed by atoms with Crippen molar-refractivity contribution < 1.29 is 4.74 Å². The third-order valence-corrected chi connectivity index (χ3v) is 3.00. The Kier molecular flexibility index (Phi) is 3.56. The van der Waals surface area contributed by atoms with E-state index in [-0.39, 0.29) is 0 Å². The zero-order valence-corrected chi connectivity index (χ0v) is 9.52. The van der Waals surface area contributed by atoms with Crippen molar-refractivity contribution in [1.82, 2.24) is 9.97 Å². The highest BCUT2D eigenvalue weighted by molar-refractivity contribution is 5.36. The normalized spacial score (nSPS) is 19.3. The molecule has 0 amide bonds. The van der Waals surface area contributed by atoms with Crippen LogP contribution in [0.15, 0.2) is 12.4 Å². The summed E-state index contributed by atoms with van der Waals surface area (Å²) in [5.74, 6) is 1.28. The van der Waals surface area contributed by atoms with Crippen LogP contribution in [-0.4, -0.2) is 29.2 Å². The maximum Gasteiger partial charge on any atom is 0.222 e. The second-order valence-corrected chi connectivity index (χ2v) is 4.22. The van der Waals surface area contributed by atoms with Gasteiger partial charge in [-0.25, -0.2) is 9.97 Å². The molecule has 0 radical (unpaired) electrons. The van der Waals surface area contributed by atoms with Crippen LogP contribution in [0.3, 0.4) is 0 Å². The molecule has 16 heavy (non-hydrogen) atoms. The van der Waals surface area contributed by atoms with Crippen molar-refractivity contribution in [3.8, 4) is 0 Å². The first-order chi connectivity index (χ1) is 7.75. The first-order valence-corrected chi connectivity index (χ1v) is 5.67. The maximum atomic E-state index is 5.53. The molecule has 1 aromatic heterocycles. The molecule has 1 unspecified atom stereocenters. The molecule has 1 saturated heterocycles. The van der Waals surface area contributed by atoms with Crippen molar-refractivity contribution in [2.45, 2.75) is 25.8 Å². The lowest BCUT2D eigenvalue weighted by molar-refractivity contribution is 0.0621. The Morgan fingerprint density at radius 3 is 2.62 bits per heavy atom. The van der Waals surface area contributed by atoms with Gasteiger partial charge in [-0.1, -0.05) is 0 Å². The highest BCUT2D eigenvalue weighted by atomic mass is 16.5. The molecule has 1 aliphatic rings. The van der Waals surface area contributed by atoms with Gasteiger partial charge in [0.15, 0.2) is 0 Å². The molecule has 0 spiro atoms. The van der Waals surface area contributed by atoms with E-state index in [1.807, 2.05) is 0 Å². The molecule has 5 nitrogen and oxygen atoms in total. The summed E-state index contributed by atoms with van der Waals surface area (Å²) >= 11 is 0. The van der Waals surface area contributed by atoms with Crippen LogP contribution < -0.4 is 11.1 Å². The predicted octanol–water partition coefficient (Wildman–Crippen LogP) is 1.29. The molecular formula is C11H18N4O. The number of nitrogen functional groups attached to an aromatic ring is 1. The Balaban J connectivity index is 1.90. The highest BCUT2D eigenvalue weighted by Gasteiger charge is 2.20. The van der Waals surface area contributed by atoms with E-state index in [4.69, 9.17) is 10.5 Å². The number of nitrogens with one attached hydrogen (secondary N) is 1. The molecule has 0 aromatic carbocycles. The quantitative estimate of drug-likeness (QED) is 0.806. The van der Waals surface area contributed by atoms with Gasteiger partial charge in [-0.05, 0) is 25.7 Å². The molecule has 2 heterocycles. The smallest absolute Gasteiger partial charge is 0.222 e. The highest BCUT2D eigenvalue weighted by Crippen LogP contribution is 2.20. The third kappa shape index (κ3) is 2.82. The minimum Gasteiger partial charge on any atom is -0.396 e. The second kappa shape index (κ2) is 5.12. The van der Waals surface area contributed by atoms with E-state index in [1.54, 1.807) is 12.4 Å². The fourth-order valence-corrected chi connectivity index (χ4v) is 1.95. The molecule has 1 atom stereocenters. The van der Waals surface area contributed by atoms with Gasteiger partial charge in [0.25, 0.3) is 0 Å². The predicted molar refractivity (Wildman–Crippen MR) is 63.1 cm³/mol. The summed E-state index contributed by atoms with van der Waals surface area (Å²) in [4.78, 5) is 8.27. The lowest BCUT2D eigenvalue weighted by Gasteiger charge is -2.28. The largest absolute Gasteiger partial charge is 0.396 e. The number of nitrogens with zero attached hydrogens (tertiary/aromatic N) is 2. The van der Waals surface area contributed by atoms with Crippen LogP contribution in [0.25, 0.3) is 0 Å². The summed E-state index contributed by atoms with van der Waals surface area (Å²) in [6, 6.07) is 0.368. The molecule has 0 saturated carbocycles. The van der Waals surface area contributed by atoms with E-state index in [0.29, 0.717) is 23.6 Å². The lowest BCUT2D eigenvalue weighted by atomic mass is 9.93. The fraction of sp³-hybridized carbons (Fsp3) is 0.636. The Morgan fingerprint density at radius 1 is 1.38 bits per heavy atom. The maximum absolute atomic E-state index is 5.53. The molecule has 1 fully saturated rings. The molecule has 0 aliphatic carbocycles. The number of anilines is 2. The summed E-state index contributed by atoms with van der Waals surface area (Å²) < 4.78 is 5.34. The van der Waals surface area contributed by atoms with Gasteiger partial charge in [-0.3, -0.25) is 0 Å².